The summed E-state index contributed by atoms with van der Waals surface area (Å²) < 4.78 is 0. The fourth-order valence-corrected chi connectivity index (χ4v) is 4.49. The van der Waals surface area contributed by atoms with Crippen molar-refractivity contribution in [3.63, 3.8) is 0 Å². The molecule has 3 N–H and O–H groups in total. The number of nitrogens with zero attached hydrogens (tertiary/aromatic N) is 4. The minimum atomic E-state index is -0.493. The van der Waals surface area contributed by atoms with Gasteiger partial charge in [-0.3, -0.25) is 5.10 Å². The molecule has 2 aliphatic rings. The molecule has 0 radical (unpaired) electrons. The maximum absolute atomic E-state index is 13.1. The monoisotopic (exact) mass is 417 g/mol. The third-order valence-electron chi connectivity index (χ3n) is 6.25. The van der Waals surface area contributed by atoms with Crippen LogP contribution in [0, 0.1) is 13.8 Å². The Labute approximate surface area is 181 Å². The van der Waals surface area contributed by atoms with E-state index in [1.165, 1.54) is 5.56 Å². The normalized spacial score (nSPS) is 21.0. The summed E-state index contributed by atoms with van der Waals surface area (Å²) in [5.41, 5.74) is 4.47. The molecule has 1 aliphatic heterocycles. The van der Waals surface area contributed by atoms with Gasteiger partial charge in [0.15, 0.2) is 5.82 Å². The number of benzene rings is 1. The molecule has 0 spiro atoms. The summed E-state index contributed by atoms with van der Waals surface area (Å²) in [5, 5.41) is 14.0. The first kappa shape index (κ1) is 19.5. The lowest BCUT2D eigenvalue weighted by atomic mass is 10.0. The first-order chi connectivity index (χ1) is 14.8. The summed E-state index contributed by atoms with van der Waals surface area (Å²) in [6.07, 6.45) is 0.980. The van der Waals surface area contributed by atoms with Crippen LogP contribution in [0.15, 0.2) is 36.4 Å². The van der Waals surface area contributed by atoms with Crippen LogP contribution >= 0.6 is 0 Å². The lowest BCUT2D eigenvalue weighted by molar-refractivity contribution is 0.142. The second kappa shape index (κ2) is 7.08. The number of aryl methyl sites for hydroxylation is 2. The molecule has 8 nitrogen and oxygen atoms in total. The molecule has 1 saturated carbocycles. The number of aromatic nitrogens is 4. The second-order valence-electron chi connectivity index (χ2n) is 8.98. The van der Waals surface area contributed by atoms with E-state index in [0.29, 0.717) is 24.2 Å². The van der Waals surface area contributed by atoms with E-state index in [4.69, 9.17) is 0 Å². The Morgan fingerprint density at radius 3 is 2.58 bits per heavy atom. The van der Waals surface area contributed by atoms with Gasteiger partial charge in [-0.1, -0.05) is 30.3 Å². The second-order valence-corrected chi connectivity index (χ2v) is 8.98. The largest absolute Gasteiger partial charge is 0.335 e. The predicted octanol–water partition coefficient (Wildman–Crippen LogP) is 3.88. The van der Waals surface area contributed by atoms with Gasteiger partial charge < -0.3 is 15.5 Å². The van der Waals surface area contributed by atoms with Crippen molar-refractivity contribution >= 4 is 17.8 Å². The summed E-state index contributed by atoms with van der Waals surface area (Å²) in [4.78, 5) is 23.9. The Kier molecular flexibility index (Phi) is 4.46. The summed E-state index contributed by atoms with van der Waals surface area (Å²) >= 11 is 0. The molecule has 0 saturated heterocycles. The molecular weight excluding hydrogens is 390 g/mol. The van der Waals surface area contributed by atoms with Crippen LogP contribution in [-0.2, 0) is 12.1 Å². The molecule has 0 unspecified atom stereocenters. The third kappa shape index (κ3) is 3.52. The molecule has 1 aliphatic carbocycles. The highest BCUT2D eigenvalue weighted by molar-refractivity contribution is 5.78. The van der Waals surface area contributed by atoms with E-state index in [2.05, 4.69) is 42.9 Å². The molecule has 3 heterocycles. The first-order valence-electron chi connectivity index (χ1n) is 10.6. The summed E-state index contributed by atoms with van der Waals surface area (Å²) in [7, 11) is 0. The maximum atomic E-state index is 13.1. The van der Waals surface area contributed by atoms with Crippen molar-refractivity contribution in [1.82, 2.24) is 30.4 Å². The molecule has 160 valence electrons. The van der Waals surface area contributed by atoms with Gasteiger partial charge in [0.25, 0.3) is 0 Å². The Balaban J connectivity index is 1.31. The maximum Gasteiger partial charge on any atom is 0.318 e. The zero-order chi connectivity index (χ0) is 21.8. The highest BCUT2D eigenvalue weighted by Crippen LogP contribution is 2.43. The van der Waals surface area contributed by atoms with Crippen LogP contribution in [0.5, 0.6) is 0 Å². The molecule has 5 rings (SSSR count). The fourth-order valence-electron chi connectivity index (χ4n) is 4.49. The SMILES string of the molecule is Cc1cc(C)nc(Nc2n[nH]c3c2CN(C(=O)N[C@H]2C[C@@H]2c2ccccc2)C3(C)C)n1. The van der Waals surface area contributed by atoms with Crippen molar-refractivity contribution in [3.05, 3.63) is 64.6 Å². The predicted molar refractivity (Wildman–Crippen MR) is 118 cm³/mol. The number of carbonyl (C=O) groups is 1. The van der Waals surface area contributed by atoms with Gasteiger partial charge in [0.05, 0.1) is 17.8 Å². The number of nitrogens with one attached hydrogen (secondary N) is 3. The Morgan fingerprint density at radius 1 is 1.16 bits per heavy atom. The van der Waals surface area contributed by atoms with Gasteiger partial charge in [0.2, 0.25) is 5.95 Å². The van der Waals surface area contributed by atoms with Crippen molar-refractivity contribution < 1.29 is 4.79 Å². The molecule has 2 atom stereocenters. The van der Waals surface area contributed by atoms with Gasteiger partial charge in [0.1, 0.15) is 0 Å². The van der Waals surface area contributed by atoms with Crippen LogP contribution in [-0.4, -0.2) is 37.1 Å². The van der Waals surface area contributed by atoms with Gasteiger partial charge in [-0.25, -0.2) is 14.8 Å². The number of hydrogen-bond donors (Lipinski definition) is 3. The number of rotatable bonds is 4. The number of anilines is 2. The summed E-state index contributed by atoms with van der Waals surface area (Å²) in [6, 6.07) is 12.4. The number of aromatic amines is 1. The number of carbonyl (C=O) groups excluding carboxylic acids is 1. The number of urea groups is 1. The third-order valence-corrected chi connectivity index (χ3v) is 6.25. The minimum Gasteiger partial charge on any atom is -0.335 e. The number of hydrogen-bond acceptors (Lipinski definition) is 5. The van der Waals surface area contributed by atoms with E-state index in [-0.39, 0.29) is 12.1 Å². The average molecular weight is 418 g/mol. The minimum absolute atomic E-state index is 0.0494. The number of amides is 2. The van der Waals surface area contributed by atoms with Crippen LogP contribution in [0.4, 0.5) is 16.6 Å². The van der Waals surface area contributed by atoms with Crippen molar-refractivity contribution in [1.29, 1.82) is 0 Å². The van der Waals surface area contributed by atoms with Crippen LogP contribution < -0.4 is 10.6 Å². The molecule has 3 aromatic rings. The summed E-state index contributed by atoms with van der Waals surface area (Å²) in [6.45, 7) is 8.42. The van der Waals surface area contributed by atoms with E-state index >= 15 is 0 Å². The van der Waals surface area contributed by atoms with Gasteiger partial charge in [0, 0.05) is 28.9 Å². The van der Waals surface area contributed by atoms with E-state index in [0.717, 1.165) is 29.1 Å². The van der Waals surface area contributed by atoms with E-state index in [9.17, 15) is 4.79 Å². The lowest BCUT2D eigenvalue weighted by Crippen LogP contribution is -2.47. The van der Waals surface area contributed by atoms with Gasteiger partial charge >= 0.3 is 6.03 Å². The molecule has 2 aromatic heterocycles. The number of H-pyrrole nitrogens is 1. The van der Waals surface area contributed by atoms with Crippen LogP contribution in [0.25, 0.3) is 0 Å². The fraction of sp³-hybridized carbons (Fsp3) is 0.391. The number of fused-ring (bicyclic) bond motifs is 1. The van der Waals surface area contributed by atoms with Crippen molar-refractivity contribution in [2.45, 2.75) is 58.2 Å². The highest BCUT2D eigenvalue weighted by atomic mass is 16.2. The van der Waals surface area contributed by atoms with Crippen molar-refractivity contribution in [3.8, 4) is 0 Å². The Hall–Kier alpha value is -3.42. The molecule has 2 amide bonds. The van der Waals surface area contributed by atoms with Crippen molar-refractivity contribution in [2.75, 3.05) is 5.32 Å². The Bertz CT molecular complexity index is 1120. The van der Waals surface area contributed by atoms with Crippen molar-refractivity contribution in [2.24, 2.45) is 0 Å². The molecule has 0 bridgehead atoms. The molecule has 1 fully saturated rings. The standard InChI is InChI=1S/C23H27N7O/c1-13-10-14(2)25-21(24-13)27-20-17-12-30(23(3,4)19(17)28-29-20)22(31)26-18-11-16(18)15-8-6-5-7-9-15/h5-10,16,18H,11-12H2,1-4H3,(H,26,31)(H2,24,25,27,28,29)/t16-,18+/m1/s1. The van der Waals surface area contributed by atoms with E-state index in [1.807, 2.05) is 56.9 Å². The lowest BCUT2D eigenvalue weighted by Gasteiger charge is -2.32. The van der Waals surface area contributed by atoms with Gasteiger partial charge in [-0.15, -0.1) is 0 Å². The zero-order valence-electron chi connectivity index (χ0n) is 18.2. The zero-order valence-corrected chi connectivity index (χ0v) is 18.2. The first-order valence-corrected chi connectivity index (χ1v) is 10.6. The average Bonchev–Trinajstić information content (AvgIpc) is 3.27. The van der Waals surface area contributed by atoms with Crippen LogP contribution in [0.2, 0.25) is 0 Å². The molecular formula is C23H27N7O. The highest BCUT2D eigenvalue weighted by Gasteiger charge is 2.46. The smallest absolute Gasteiger partial charge is 0.318 e. The Morgan fingerprint density at radius 2 is 1.87 bits per heavy atom. The van der Waals surface area contributed by atoms with Gasteiger partial charge in [-0.05, 0) is 45.7 Å². The van der Waals surface area contributed by atoms with Gasteiger partial charge in [-0.2, -0.15) is 5.10 Å². The van der Waals surface area contributed by atoms with Crippen LogP contribution in [0.3, 0.4) is 0 Å². The van der Waals surface area contributed by atoms with E-state index < -0.39 is 5.54 Å². The quantitative estimate of drug-likeness (QED) is 0.598. The van der Waals surface area contributed by atoms with E-state index in [1.54, 1.807) is 0 Å². The molecule has 31 heavy (non-hydrogen) atoms. The topological polar surface area (TPSA) is 98.8 Å². The molecule has 8 heteroatoms. The summed E-state index contributed by atoms with van der Waals surface area (Å²) in [5.74, 6) is 1.57. The van der Waals surface area contributed by atoms with Crippen LogP contribution in [0.1, 0.15) is 54.4 Å². The molecule has 1 aromatic carbocycles.